The molecule has 0 radical (unpaired) electrons. The Kier molecular flexibility index (Phi) is 4.40. The lowest BCUT2D eigenvalue weighted by molar-refractivity contribution is -0.384. The fourth-order valence-corrected chi connectivity index (χ4v) is 2.88. The van der Waals surface area contributed by atoms with Gasteiger partial charge in [0.25, 0.3) is 5.69 Å². The molecule has 116 valence electrons. The lowest BCUT2D eigenvalue weighted by atomic mass is 10.1. The Labute approximate surface area is 141 Å². The Balaban J connectivity index is 1.95. The average molecular weight is 334 g/mol. The van der Waals surface area contributed by atoms with Crippen molar-refractivity contribution in [3.05, 3.63) is 74.9 Å². The largest absolute Gasteiger partial charge is 0.270 e. The van der Waals surface area contributed by atoms with E-state index in [1.807, 2.05) is 17.5 Å². The second-order valence-corrected chi connectivity index (χ2v) is 5.65. The molecule has 0 aliphatic carbocycles. The van der Waals surface area contributed by atoms with E-state index in [1.54, 1.807) is 30.6 Å². The molecule has 0 aliphatic rings. The molecule has 1 aromatic carbocycles. The molecular weight excluding hydrogens is 324 g/mol. The zero-order valence-electron chi connectivity index (χ0n) is 12.3. The number of thiazole rings is 1. The first-order chi connectivity index (χ1) is 11.7. The van der Waals surface area contributed by atoms with Crippen LogP contribution in [0.15, 0.2) is 54.2 Å². The fraction of sp³-hybridized carbons (Fsp3) is 0. The molecule has 0 unspecified atom stereocenters. The minimum atomic E-state index is -0.464. The van der Waals surface area contributed by atoms with E-state index in [1.165, 1.54) is 23.5 Å². The molecule has 3 rings (SSSR count). The van der Waals surface area contributed by atoms with Gasteiger partial charge >= 0.3 is 0 Å². The molecule has 2 heterocycles. The maximum absolute atomic E-state index is 10.8. The van der Waals surface area contributed by atoms with Gasteiger partial charge in [-0.25, -0.2) is 4.98 Å². The highest BCUT2D eigenvalue weighted by atomic mass is 32.1. The van der Waals surface area contributed by atoms with Crippen molar-refractivity contribution in [2.45, 2.75) is 0 Å². The van der Waals surface area contributed by atoms with E-state index in [2.05, 4.69) is 16.0 Å². The van der Waals surface area contributed by atoms with Crippen LogP contribution in [0.5, 0.6) is 0 Å². The van der Waals surface area contributed by atoms with Crippen molar-refractivity contribution in [3.63, 3.8) is 0 Å². The lowest BCUT2D eigenvalue weighted by Crippen LogP contribution is -1.88. The van der Waals surface area contributed by atoms with Crippen molar-refractivity contribution in [1.29, 1.82) is 5.26 Å². The van der Waals surface area contributed by atoms with E-state index >= 15 is 0 Å². The van der Waals surface area contributed by atoms with E-state index in [-0.39, 0.29) is 5.69 Å². The van der Waals surface area contributed by atoms with Crippen molar-refractivity contribution < 1.29 is 4.92 Å². The van der Waals surface area contributed by atoms with Crippen molar-refractivity contribution in [2.75, 3.05) is 0 Å². The van der Waals surface area contributed by atoms with E-state index in [9.17, 15) is 15.4 Å². The third kappa shape index (κ3) is 3.34. The van der Waals surface area contributed by atoms with Gasteiger partial charge in [0.2, 0.25) is 0 Å². The molecule has 7 heteroatoms. The molecule has 0 amide bonds. The highest BCUT2D eigenvalue weighted by molar-refractivity contribution is 7.11. The summed E-state index contributed by atoms with van der Waals surface area (Å²) in [6, 6.07) is 11.9. The zero-order valence-corrected chi connectivity index (χ0v) is 13.1. The predicted octanol–water partition coefficient (Wildman–Crippen LogP) is 4.18. The first-order valence-electron chi connectivity index (χ1n) is 6.90. The molecule has 3 aromatic rings. The van der Waals surface area contributed by atoms with Crippen LogP contribution < -0.4 is 0 Å². The Morgan fingerprint density at radius 1 is 1.29 bits per heavy atom. The number of rotatable bonds is 4. The van der Waals surface area contributed by atoms with E-state index in [0.717, 1.165) is 11.3 Å². The van der Waals surface area contributed by atoms with Crippen LogP contribution >= 0.6 is 11.3 Å². The third-order valence-electron chi connectivity index (χ3n) is 3.22. The quantitative estimate of drug-likeness (QED) is 0.405. The second kappa shape index (κ2) is 6.81. The Bertz CT molecular complexity index is 958. The van der Waals surface area contributed by atoms with Gasteiger partial charge in [0, 0.05) is 35.5 Å². The Morgan fingerprint density at radius 3 is 2.79 bits per heavy atom. The van der Waals surface area contributed by atoms with Crippen molar-refractivity contribution in [3.8, 4) is 17.3 Å². The summed E-state index contributed by atoms with van der Waals surface area (Å²) in [5.74, 6) is 0. The molecule has 0 spiro atoms. The number of aromatic nitrogens is 2. The second-order valence-electron chi connectivity index (χ2n) is 4.80. The molecule has 0 fully saturated rings. The summed E-state index contributed by atoms with van der Waals surface area (Å²) < 4.78 is 0. The fourth-order valence-electron chi connectivity index (χ4n) is 2.09. The number of hydrogen-bond acceptors (Lipinski definition) is 6. The molecule has 0 aliphatic heterocycles. The number of non-ortho nitro benzene ring substituents is 1. The van der Waals surface area contributed by atoms with Gasteiger partial charge in [0.05, 0.1) is 16.2 Å². The van der Waals surface area contributed by atoms with E-state index < -0.39 is 4.92 Å². The van der Waals surface area contributed by atoms with E-state index in [0.29, 0.717) is 16.1 Å². The smallest absolute Gasteiger partial charge is 0.265 e. The maximum atomic E-state index is 10.8. The lowest BCUT2D eigenvalue weighted by Gasteiger charge is -1.97. The molecule has 2 aromatic heterocycles. The molecule has 6 nitrogen and oxygen atoms in total. The van der Waals surface area contributed by atoms with Crippen LogP contribution in [0.3, 0.4) is 0 Å². The van der Waals surface area contributed by atoms with Crippen LogP contribution in [0.4, 0.5) is 5.69 Å². The van der Waals surface area contributed by atoms with Crippen LogP contribution in [0.1, 0.15) is 10.6 Å². The van der Waals surface area contributed by atoms with Gasteiger partial charge in [-0.1, -0.05) is 12.1 Å². The van der Waals surface area contributed by atoms with Gasteiger partial charge < -0.3 is 0 Å². The third-order valence-corrected chi connectivity index (χ3v) is 4.10. The SMILES string of the molecule is N#C/C(=C\c1cccc([N+](=O)[O-])c1)c1nc(-c2ccncc2)cs1. The summed E-state index contributed by atoms with van der Waals surface area (Å²) >= 11 is 1.35. The first kappa shape index (κ1) is 15.5. The van der Waals surface area contributed by atoms with Crippen LogP contribution in [-0.4, -0.2) is 14.9 Å². The van der Waals surface area contributed by atoms with Crippen LogP contribution in [0.25, 0.3) is 22.9 Å². The summed E-state index contributed by atoms with van der Waals surface area (Å²) in [6.07, 6.45) is 4.96. The van der Waals surface area contributed by atoms with Gasteiger partial charge in [-0.15, -0.1) is 11.3 Å². The molecule has 0 saturated carbocycles. The summed E-state index contributed by atoms with van der Waals surface area (Å²) in [7, 11) is 0. The number of nitro groups is 1. The van der Waals surface area contributed by atoms with Crippen LogP contribution in [-0.2, 0) is 0 Å². The van der Waals surface area contributed by atoms with Gasteiger partial charge in [-0.05, 0) is 23.8 Å². The summed E-state index contributed by atoms with van der Waals surface area (Å²) in [6.45, 7) is 0. The number of nitro benzene ring substituents is 1. The monoisotopic (exact) mass is 334 g/mol. The van der Waals surface area contributed by atoms with Crippen molar-refractivity contribution in [1.82, 2.24) is 9.97 Å². The standard InChI is InChI=1S/C17H10N4O2S/c18-10-14(8-12-2-1-3-15(9-12)21(22)23)17-20-16(11-24-17)13-4-6-19-7-5-13/h1-9,11H/b14-8+. The van der Waals surface area contributed by atoms with E-state index in [4.69, 9.17) is 0 Å². The highest BCUT2D eigenvalue weighted by Crippen LogP contribution is 2.27. The number of nitrogens with zero attached hydrogens (tertiary/aromatic N) is 4. The van der Waals surface area contributed by atoms with Crippen LogP contribution in [0, 0.1) is 21.4 Å². The average Bonchev–Trinajstić information content (AvgIpc) is 3.10. The van der Waals surface area contributed by atoms with Gasteiger partial charge in [-0.2, -0.15) is 5.26 Å². The number of benzene rings is 1. The van der Waals surface area contributed by atoms with Gasteiger partial charge in [0.15, 0.2) is 0 Å². The Morgan fingerprint density at radius 2 is 2.08 bits per heavy atom. The topological polar surface area (TPSA) is 92.7 Å². The summed E-state index contributed by atoms with van der Waals surface area (Å²) in [5.41, 5.74) is 2.61. The normalized spacial score (nSPS) is 11.0. The number of allylic oxidation sites excluding steroid dienone is 1. The summed E-state index contributed by atoms with van der Waals surface area (Å²) in [4.78, 5) is 18.8. The predicted molar refractivity (Wildman–Crippen MR) is 91.9 cm³/mol. The molecular formula is C17H10N4O2S. The Hall–Kier alpha value is -3.37. The number of hydrogen-bond donors (Lipinski definition) is 0. The minimum absolute atomic E-state index is 0.0161. The first-order valence-corrected chi connectivity index (χ1v) is 7.78. The number of nitriles is 1. The maximum Gasteiger partial charge on any atom is 0.270 e. The number of pyridine rings is 1. The highest BCUT2D eigenvalue weighted by Gasteiger charge is 2.10. The molecule has 0 N–H and O–H groups in total. The van der Waals surface area contributed by atoms with Crippen LogP contribution in [0.2, 0.25) is 0 Å². The van der Waals surface area contributed by atoms with Crippen molar-refractivity contribution >= 4 is 28.7 Å². The van der Waals surface area contributed by atoms with Crippen molar-refractivity contribution in [2.24, 2.45) is 0 Å². The molecule has 0 saturated heterocycles. The summed E-state index contributed by atoms with van der Waals surface area (Å²) in [5, 5.41) is 22.7. The molecule has 24 heavy (non-hydrogen) atoms. The zero-order chi connectivity index (χ0) is 16.9. The molecule has 0 atom stereocenters. The van der Waals surface area contributed by atoms with Gasteiger partial charge in [0.1, 0.15) is 11.1 Å². The molecule has 0 bridgehead atoms. The minimum Gasteiger partial charge on any atom is -0.265 e. The van der Waals surface area contributed by atoms with Gasteiger partial charge in [-0.3, -0.25) is 15.1 Å².